The van der Waals surface area contributed by atoms with Gasteiger partial charge in [-0.1, -0.05) is 13.8 Å². The first kappa shape index (κ1) is 16.1. The fourth-order valence-corrected chi connectivity index (χ4v) is 1.98. The third kappa shape index (κ3) is 5.35. The minimum atomic E-state index is -0.972. The minimum Gasteiger partial charge on any atom is -0.388 e. The molecule has 0 aliphatic heterocycles. The Labute approximate surface area is 116 Å². The van der Waals surface area contributed by atoms with Gasteiger partial charge in [0.2, 0.25) is 5.91 Å². The van der Waals surface area contributed by atoms with Crippen molar-refractivity contribution in [2.24, 2.45) is 5.92 Å². The van der Waals surface area contributed by atoms with Gasteiger partial charge in [-0.25, -0.2) is 0 Å². The van der Waals surface area contributed by atoms with Gasteiger partial charge in [-0.05, 0) is 24.2 Å². The maximum Gasteiger partial charge on any atom is 0.389 e. The van der Waals surface area contributed by atoms with Crippen LogP contribution in [0.2, 0.25) is 0 Å². The molecule has 1 atom stereocenters. The summed E-state index contributed by atoms with van der Waals surface area (Å²) in [5.74, 6) is -0.340. The molecular weight excluding hydrogens is 264 g/mol. The van der Waals surface area contributed by atoms with Crippen LogP contribution in [0.25, 0.3) is 0 Å². The van der Waals surface area contributed by atoms with Crippen LogP contribution in [0.15, 0.2) is 12.3 Å². The Balaban J connectivity index is 2.45. The maximum absolute atomic E-state index is 11.7. The number of carbonyl (C=O) groups is 1. The van der Waals surface area contributed by atoms with E-state index in [-0.39, 0.29) is 24.8 Å². The van der Waals surface area contributed by atoms with Crippen molar-refractivity contribution in [3.8, 4) is 0 Å². The number of rotatable bonds is 7. The number of nitrogens with zero attached hydrogens (tertiary/aromatic N) is 3. The molecule has 0 bridgehead atoms. The molecule has 20 heavy (non-hydrogen) atoms. The Morgan fingerprint density at radius 2 is 2.30 bits per heavy atom. The second-order valence-electron chi connectivity index (χ2n) is 5.50. The molecule has 112 valence electrons. The molecular formula is C12H20N4O4. The van der Waals surface area contributed by atoms with Crippen LogP contribution in [-0.4, -0.2) is 37.9 Å². The molecule has 1 aromatic rings. The molecule has 0 radical (unpaired) electrons. The van der Waals surface area contributed by atoms with Gasteiger partial charge >= 0.3 is 5.82 Å². The number of hydrogen-bond donors (Lipinski definition) is 2. The van der Waals surface area contributed by atoms with Gasteiger partial charge in [0.1, 0.15) is 6.54 Å². The van der Waals surface area contributed by atoms with E-state index in [9.17, 15) is 20.0 Å². The lowest BCUT2D eigenvalue weighted by Crippen LogP contribution is -2.42. The van der Waals surface area contributed by atoms with Crippen LogP contribution in [0, 0.1) is 16.0 Å². The maximum atomic E-state index is 11.7. The average Bonchev–Trinajstić information content (AvgIpc) is 2.73. The zero-order valence-electron chi connectivity index (χ0n) is 11.9. The monoisotopic (exact) mass is 284 g/mol. The number of carbonyl (C=O) groups excluding carboxylic acids is 1. The lowest BCUT2D eigenvalue weighted by molar-refractivity contribution is -0.389. The second-order valence-corrected chi connectivity index (χ2v) is 5.50. The van der Waals surface area contributed by atoms with Crippen molar-refractivity contribution in [3.63, 3.8) is 0 Å². The topological polar surface area (TPSA) is 110 Å². The summed E-state index contributed by atoms with van der Waals surface area (Å²) in [6.07, 6.45) is 1.94. The molecule has 0 aliphatic carbocycles. The van der Waals surface area contributed by atoms with Crippen LogP contribution in [0.4, 0.5) is 5.82 Å². The quantitative estimate of drug-likeness (QED) is 0.565. The summed E-state index contributed by atoms with van der Waals surface area (Å²) in [6, 6.07) is 1.22. The Bertz CT molecular complexity index is 482. The van der Waals surface area contributed by atoms with Crippen molar-refractivity contribution in [1.82, 2.24) is 15.1 Å². The van der Waals surface area contributed by atoms with Crippen LogP contribution >= 0.6 is 0 Å². The first-order valence-electron chi connectivity index (χ1n) is 6.36. The Morgan fingerprint density at radius 1 is 1.65 bits per heavy atom. The van der Waals surface area contributed by atoms with E-state index in [2.05, 4.69) is 10.4 Å². The van der Waals surface area contributed by atoms with Crippen LogP contribution in [0.1, 0.15) is 27.2 Å². The SMILES string of the molecule is CC(C)CC(C)(O)CNC(=O)Cn1ccc([N+](=O)[O-])n1. The number of aliphatic hydroxyl groups is 1. The fourth-order valence-electron chi connectivity index (χ4n) is 1.98. The lowest BCUT2D eigenvalue weighted by atomic mass is 9.94. The molecule has 8 heteroatoms. The van der Waals surface area contributed by atoms with Crippen molar-refractivity contribution >= 4 is 11.7 Å². The van der Waals surface area contributed by atoms with Crippen molar-refractivity contribution in [3.05, 3.63) is 22.4 Å². The van der Waals surface area contributed by atoms with Gasteiger partial charge in [0, 0.05) is 6.54 Å². The highest BCUT2D eigenvalue weighted by molar-refractivity contribution is 5.75. The third-order valence-corrected chi connectivity index (χ3v) is 2.63. The molecule has 1 rings (SSSR count). The first-order valence-corrected chi connectivity index (χ1v) is 6.36. The highest BCUT2D eigenvalue weighted by Gasteiger charge is 2.23. The predicted octanol–water partition coefficient (Wildman–Crippen LogP) is 0.705. The molecule has 0 aliphatic rings. The molecule has 0 saturated heterocycles. The number of nitro groups is 1. The molecule has 0 spiro atoms. The van der Waals surface area contributed by atoms with Gasteiger partial charge in [0.25, 0.3) is 0 Å². The molecule has 0 aromatic carbocycles. The standard InChI is InChI=1S/C12H20N4O4/c1-9(2)6-12(3,18)8-13-11(17)7-15-5-4-10(14-15)16(19)20/h4-5,9,18H,6-8H2,1-3H3,(H,13,17). The Hall–Kier alpha value is -1.96. The zero-order chi connectivity index (χ0) is 15.3. The van der Waals surface area contributed by atoms with Gasteiger partial charge in [0.05, 0.1) is 23.0 Å². The van der Waals surface area contributed by atoms with E-state index in [0.29, 0.717) is 12.3 Å². The van der Waals surface area contributed by atoms with E-state index in [0.717, 1.165) is 0 Å². The molecule has 0 fully saturated rings. The summed E-state index contributed by atoms with van der Waals surface area (Å²) in [4.78, 5) is 21.5. The number of amides is 1. The second kappa shape index (κ2) is 6.47. The van der Waals surface area contributed by atoms with Gasteiger partial charge in [-0.3, -0.25) is 4.79 Å². The van der Waals surface area contributed by atoms with E-state index in [1.807, 2.05) is 13.8 Å². The van der Waals surface area contributed by atoms with Crippen LogP contribution in [-0.2, 0) is 11.3 Å². The largest absolute Gasteiger partial charge is 0.389 e. The normalized spacial score (nSPS) is 14.1. The smallest absolute Gasteiger partial charge is 0.388 e. The number of hydrogen-bond acceptors (Lipinski definition) is 5. The van der Waals surface area contributed by atoms with Gasteiger partial charge < -0.3 is 20.5 Å². The van der Waals surface area contributed by atoms with Gasteiger partial charge in [-0.15, -0.1) is 0 Å². The molecule has 0 saturated carbocycles. The fraction of sp³-hybridized carbons (Fsp3) is 0.667. The molecule has 1 unspecified atom stereocenters. The summed E-state index contributed by atoms with van der Waals surface area (Å²) >= 11 is 0. The molecule has 1 heterocycles. The Kier molecular flexibility index (Phi) is 5.20. The molecule has 1 aromatic heterocycles. The number of aromatic nitrogens is 2. The third-order valence-electron chi connectivity index (χ3n) is 2.63. The van der Waals surface area contributed by atoms with E-state index < -0.39 is 10.5 Å². The van der Waals surface area contributed by atoms with Crippen LogP contribution in [0.3, 0.4) is 0 Å². The summed E-state index contributed by atoms with van der Waals surface area (Å²) < 4.78 is 1.19. The lowest BCUT2D eigenvalue weighted by Gasteiger charge is -2.25. The summed E-state index contributed by atoms with van der Waals surface area (Å²) in [6.45, 7) is 5.64. The van der Waals surface area contributed by atoms with Crippen LogP contribution < -0.4 is 5.32 Å². The van der Waals surface area contributed by atoms with E-state index >= 15 is 0 Å². The van der Waals surface area contributed by atoms with Crippen molar-refractivity contribution in [2.75, 3.05) is 6.54 Å². The van der Waals surface area contributed by atoms with Crippen molar-refractivity contribution in [1.29, 1.82) is 0 Å². The van der Waals surface area contributed by atoms with Gasteiger partial charge in [0.15, 0.2) is 0 Å². The van der Waals surface area contributed by atoms with Gasteiger partial charge in [-0.2, -0.15) is 4.68 Å². The molecule has 1 amide bonds. The molecule has 2 N–H and O–H groups in total. The van der Waals surface area contributed by atoms with E-state index in [1.165, 1.54) is 16.9 Å². The van der Waals surface area contributed by atoms with E-state index in [4.69, 9.17) is 0 Å². The summed E-state index contributed by atoms with van der Waals surface area (Å²) in [7, 11) is 0. The highest BCUT2D eigenvalue weighted by atomic mass is 16.6. The average molecular weight is 284 g/mol. The Morgan fingerprint density at radius 3 is 2.80 bits per heavy atom. The molecule has 8 nitrogen and oxygen atoms in total. The summed E-state index contributed by atoms with van der Waals surface area (Å²) in [5, 5.41) is 26.7. The van der Waals surface area contributed by atoms with Crippen molar-refractivity contribution in [2.45, 2.75) is 39.3 Å². The number of nitrogens with one attached hydrogen (secondary N) is 1. The minimum absolute atomic E-state index is 0.119. The summed E-state index contributed by atoms with van der Waals surface area (Å²) in [5.41, 5.74) is -0.972. The zero-order valence-corrected chi connectivity index (χ0v) is 11.9. The van der Waals surface area contributed by atoms with Crippen LogP contribution in [0.5, 0.6) is 0 Å². The highest BCUT2D eigenvalue weighted by Crippen LogP contribution is 2.15. The first-order chi connectivity index (χ1) is 9.19. The van der Waals surface area contributed by atoms with Crippen molar-refractivity contribution < 1.29 is 14.8 Å². The van der Waals surface area contributed by atoms with E-state index in [1.54, 1.807) is 6.92 Å². The predicted molar refractivity (Wildman–Crippen MR) is 72.0 cm³/mol.